The van der Waals surface area contributed by atoms with Crippen molar-refractivity contribution in [1.82, 2.24) is 19.1 Å². The first kappa shape index (κ1) is 14.5. The molecule has 0 spiro atoms. The van der Waals surface area contributed by atoms with E-state index in [4.69, 9.17) is 0 Å². The zero-order valence-corrected chi connectivity index (χ0v) is 13.4. The van der Waals surface area contributed by atoms with Gasteiger partial charge in [-0.1, -0.05) is 6.07 Å². The van der Waals surface area contributed by atoms with Gasteiger partial charge in [0.25, 0.3) is 0 Å². The first-order valence-electron chi connectivity index (χ1n) is 8.45. The third-order valence-electron chi connectivity index (χ3n) is 5.08. The van der Waals surface area contributed by atoms with Crippen LogP contribution in [0.1, 0.15) is 32.1 Å². The third-order valence-corrected chi connectivity index (χ3v) is 5.08. The molecule has 122 valence electrons. The van der Waals surface area contributed by atoms with Crippen LogP contribution in [-0.4, -0.2) is 38.1 Å². The summed E-state index contributed by atoms with van der Waals surface area (Å²) in [5.41, 5.74) is 0.434. The summed E-state index contributed by atoms with van der Waals surface area (Å²) in [5, 5.41) is 4.28. The van der Waals surface area contributed by atoms with Crippen molar-refractivity contribution in [2.45, 2.75) is 44.7 Å². The predicted octanol–water partition coefficient (Wildman–Crippen LogP) is 1.53. The van der Waals surface area contributed by atoms with Gasteiger partial charge in [-0.2, -0.15) is 0 Å². The second kappa shape index (κ2) is 5.51. The van der Waals surface area contributed by atoms with E-state index < -0.39 is 0 Å². The quantitative estimate of drug-likeness (QED) is 0.812. The van der Waals surface area contributed by atoms with Gasteiger partial charge in [0.1, 0.15) is 0 Å². The van der Waals surface area contributed by atoms with Crippen molar-refractivity contribution in [3.05, 3.63) is 34.9 Å². The average Bonchev–Trinajstić information content (AvgIpc) is 3.47. The summed E-state index contributed by atoms with van der Waals surface area (Å²) >= 11 is 0. The van der Waals surface area contributed by atoms with E-state index in [1.54, 1.807) is 18.3 Å². The van der Waals surface area contributed by atoms with Crippen LogP contribution in [0.5, 0.6) is 0 Å². The Morgan fingerprint density at radius 2 is 2.00 bits per heavy atom. The molecule has 0 aliphatic heterocycles. The molecule has 6 heteroatoms. The Kier molecular flexibility index (Phi) is 3.47. The first-order chi connectivity index (χ1) is 11.1. The molecule has 1 amide bonds. The molecular weight excluding hydrogens is 292 g/mol. The monoisotopic (exact) mass is 314 g/mol. The van der Waals surface area contributed by atoms with Crippen molar-refractivity contribution in [2.75, 3.05) is 7.05 Å². The molecule has 6 nitrogen and oxygen atoms in total. The third kappa shape index (κ3) is 2.78. The molecule has 2 aliphatic carbocycles. The van der Waals surface area contributed by atoms with E-state index in [0.717, 1.165) is 0 Å². The van der Waals surface area contributed by atoms with Crippen molar-refractivity contribution in [1.29, 1.82) is 0 Å². The molecule has 0 N–H and O–H groups in total. The molecule has 0 aromatic carbocycles. The van der Waals surface area contributed by atoms with Crippen molar-refractivity contribution in [3.63, 3.8) is 0 Å². The minimum atomic E-state index is -0.183. The van der Waals surface area contributed by atoms with Gasteiger partial charge in [-0.15, -0.1) is 5.10 Å². The average molecular weight is 314 g/mol. The van der Waals surface area contributed by atoms with Gasteiger partial charge >= 0.3 is 5.69 Å². The Morgan fingerprint density at radius 1 is 1.30 bits per heavy atom. The van der Waals surface area contributed by atoms with Crippen molar-refractivity contribution >= 4 is 11.6 Å². The molecule has 0 saturated heterocycles. The molecule has 0 bridgehead atoms. The van der Waals surface area contributed by atoms with Gasteiger partial charge in [0.15, 0.2) is 5.65 Å². The molecule has 2 aromatic rings. The lowest BCUT2D eigenvalue weighted by Crippen LogP contribution is -2.40. The summed E-state index contributed by atoms with van der Waals surface area (Å²) in [6.07, 6.45) is 7.05. The Balaban J connectivity index is 1.44. The van der Waals surface area contributed by atoms with Crippen LogP contribution in [0.3, 0.4) is 0 Å². The van der Waals surface area contributed by atoms with Gasteiger partial charge in [0.2, 0.25) is 5.91 Å². The predicted molar refractivity (Wildman–Crippen MR) is 86.1 cm³/mol. The summed E-state index contributed by atoms with van der Waals surface area (Å²) in [4.78, 5) is 26.7. The zero-order valence-electron chi connectivity index (χ0n) is 13.4. The van der Waals surface area contributed by atoms with Crippen molar-refractivity contribution in [2.24, 2.45) is 11.8 Å². The number of amides is 1. The summed E-state index contributed by atoms with van der Waals surface area (Å²) in [6.45, 7) is 0.339. The lowest BCUT2D eigenvalue weighted by atomic mass is 10.1. The molecule has 2 aliphatic rings. The number of pyridine rings is 1. The smallest absolute Gasteiger partial charge is 0.342 e. The summed E-state index contributed by atoms with van der Waals surface area (Å²) in [7, 11) is 1.93. The van der Waals surface area contributed by atoms with Gasteiger partial charge in [-0.25, -0.2) is 9.48 Å². The Labute approximate surface area is 134 Å². The van der Waals surface area contributed by atoms with Crippen LogP contribution >= 0.6 is 0 Å². The SMILES string of the molecule is CN(C(=O)CCn1nc2ccccn2c1=O)C(C1CC1)C1CC1. The highest BCUT2D eigenvalue weighted by atomic mass is 16.2. The molecule has 0 radical (unpaired) electrons. The fourth-order valence-electron chi connectivity index (χ4n) is 3.55. The van der Waals surface area contributed by atoms with Crippen LogP contribution in [0.2, 0.25) is 0 Å². The minimum absolute atomic E-state index is 0.123. The second-order valence-corrected chi connectivity index (χ2v) is 6.85. The van der Waals surface area contributed by atoms with E-state index in [2.05, 4.69) is 5.10 Å². The number of nitrogens with zero attached hydrogens (tertiary/aromatic N) is 4. The molecule has 0 atom stereocenters. The maximum atomic E-state index is 12.5. The number of rotatable bonds is 6. The minimum Gasteiger partial charge on any atom is -0.342 e. The van der Waals surface area contributed by atoms with Crippen LogP contribution in [0.15, 0.2) is 29.2 Å². The number of hydrogen-bond donors (Lipinski definition) is 0. The van der Waals surface area contributed by atoms with Gasteiger partial charge < -0.3 is 4.90 Å². The molecule has 23 heavy (non-hydrogen) atoms. The van der Waals surface area contributed by atoms with E-state index in [9.17, 15) is 9.59 Å². The maximum Gasteiger partial charge on any atom is 0.350 e. The number of hydrogen-bond acceptors (Lipinski definition) is 3. The fourth-order valence-corrected chi connectivity index (χ4v) is 3.55. The number of fused-ring (bicyclic) bond motifs is 1. The van der Waals surface area contributed by atoms with E-state index in [-0.39, 0.29) is 11.6 Å². The van der Waals surface area contributed by atoms with E-state index in [0.29, 0.717) is 36.5 Å². The van der Waals surface area contributed by atoms with Gasteiger partial charge in [0.05, 0.1) is 6.54 Å². The Morgan fingerprint density at radius 3 is 2.61 bits per heavy atom. The molecule has 2 aromatic heterocycles. The van der Waals surface area contributed by atoms with E-state index in [1.807, 2.05) is 18.0 Å². The Bertz CT molecular complexity index is 773. The van der Waals surface area contributed by atoms with E-state index in [1.165, 1.54) is 34.8 Å². The van der Waals surface area contributed by atoms with Crippen molar-refractivity contribution in [3.8, 4) is 0 Å². The highest BCUT2D eigenvalue weighted by Crippen LogP contribution is 2.46. The lowest BCUT2D eigenvalue weighted by Gasteiger charge is -2.28. The van der Waals surface area contributed by atoms with Crippen molar-refractivity contribution < 1.29 is 4.79 Å². The largest absolute Gasteiger partial charge is 0.350 e. The first-order valence-corrected chi connectivity index (χ1v) is 8.45. The molecule has 2 heterocycles. The van der Waals surface area contributed by atoms with E-state index >= 15 is 0 Å². The normalized spacial score (nSPS) is 17.8. The summed E-state index contributed by atoms with van der Waals surface area (Å²) in [5.74, 6) is 1.53. The number of aryl methyl sites for hydroxylation is 1. The van der Waals surface area contributed by atoms with Crippen LogP contribution in [0, 0.1) is 11.8 Å². The van der Waals surface area contributed by atoms with Crippen LogP contribution < -0.4 is 5.69 Å². The van der Waals surface area contributed by atoms with Gasteiger partial charge in [-0.05, 0) is 49.7 Å². The second-order valence-electron chi connectivity index (χ2n) is 6.85. The summed E-state index contributed by atoms with van der Waals surface area (Å²) in [6, 6.07) is 5.86. The van der Waals surface area contributed by atoms with Crippen LogP contribution in [0.25, 0.3) is 5.65 Å². The highest BCUT2D eigenvalue weighted by Gasteiger charge is 2.44. The molecule has 2 fully saturated rings. The topological polar surface area (TPSA) is 59.6 Å². The number of carbonyl (C=O) groups excluding carboxylic acids is 1. The van der Waals surface area contributed by atoms with Crippen LogP contribution in [-0.2, 0) is 11.3 Å². The molecule has 0 unspecified atom stereocenters. The highest BCUT2D eigenvalue weighted by molar-refractivity contribution is 5.76. The van der Waals surface area contributed by atoms with Crippen LogP contribution in [0.4, 0.5) is 0 Å². The molecule has 4 rings (SSSR count). The zero-order chi connectivity index (χ0) is 16.0. The summed E-state index contributed by atoms with van der Waals surface area (Å²) < 4.78 is 2.90. The van der Waals surface area contributed by atoms with Gasteiger partial charge in [-0.3, -0.25) is 9.20 Å². The molecular formula is C17H22N4O2. The number of aromatic nitrogens is 3. The standard InChI is InChI=1S/C17H22N4O2/c1-19(16(12-5-6-12)13-7-8-13)15(22)9-11-21-17(23)20-10-3-2-4-14(20)18-21/h2-4,10,12-13,16H,5-9,11H2,1H3. The Hall–Kier alpha value is -2.11. The number of carbonyl (C=O) groups is 1. The van der Waals surface area contributed by atoms with Gasteiger partial charge in [0, 0.05) is 25.7 Å². The maximum absolute atomic E-state index is 12.5. The molecule has 2 saturated carbocycles. The fraction of sp³-hybridized carbons (Fsp3) is 0.588. The lowest BCUT2D eigenvalue weighted by molar-refractivity contribution is -0.133.